The number of sulfone groups is 1. The van der Waals surface area contributed by atoms with Crippen LogP contribution in [0.25, 0.3) is 0 Å². The SMILES string of the molecule is CN=C(NCc1ccc(COCC(F)(F)F)cc1)NC1CCS(=O)(=O)C1. The zero-order valence-corrected chi connectivity index (χ0v) is 15.2. The summed E-state index contributed by atoms with van der Waals surface area (Å²) in [5.74, 6) is 0.782. The third kappa shape index (κ3) is 7.20. The number of nitrogens with one attached hydrogen (secondary N) is 2. The van der Waals surface area contributed by atoms with E-state index in [1.165, 1.54) is 0 Å². The molecule has 0 saturated carbocycles. The molecule has 2 N–H and O–H groups in total. The molecule has 0 radical (unpaired) electrons. The fourth-order valence-electron chi connectivity index (χ4n) is 2.52. The van der Waals surface area contributed by atoms with Gasteiger partial charge in [0, 0.05) is 19.6 Å². The van der Waals surface area contributed by atoms with Crippen LogP contribution in [-0.2, 0) is 27.7 Å². The summed E-state index contributed by atoms with van der Waals surface area (Å²) < 4.78 is 63.7. The van der Waals surface area contributed by atoms with E-state index in [2.05, 4.69) is 20.4 Å². The van der Waals surface area contributed by atoms with Crippen molar-refractivity contribution in [2.24, 2.45) is 4.99 Å². The van der Waals surface area contributed by atoms with Crippen molar-refractivity contribution < 1.29 is 26.3 Å². The molecule has 1 aromatic rings. The van der Waals surface area contributed by atoms with Gasteiger partial charge in [0.25, 0.3) is 0 Å². The first-order chi connectivity index (χ1) is 12.2. The van der Waals surface area contributed by atoms with E-state index in [0.29, 0.717) is 24.5 Å². The average molecular weight is 393 g/mol. The molecule has 1 heterocycles. The Morgan fingerprint density at radius 1 is 1.27 bits per heavy atom. The quantitative estimate of drug-likeness (QED) is 0.567. The predicted octanol–water partition coefficient (Wildman–Crippen LogP) is 1.62. The van der Waals surface area contributed by atoms with Crippen LogP contribution in [0.15, 0.2) is 29.3 Å². The van der Waals surface area contributed by atoms with Crippen LogP contribution in [0.4, 0.5) is 13.2 Å². The van der Waals surface area contributed by atoms with Crippen molar-refractivity contribution in [3.63, 3.8) is 0 Å². The summed E-state index contributed by atoms with van der Waals surface area (Å²) in [6.45, 7) is -0.926. The number of rotatable bonds is 6. The number of alkyl halides is 3. The Hall–Kier alpha value is -1.81. The smallest absolute Gasteiger partial charge is 0.367 e. The van der Waals surface area contributed by atoms with Crippen LogP contribution >= 0.6 is 0 Å². The molecule has 1 aliphatic rings. The number of guanidine groups is 1. The van der Waals surface area contributed by atoms with Gasteiger partial charge in [-0.05, 0) is 17.5 Å². The van der Waals surface area contributed by atoms with Gasteiger partial charge < -0.3 is 15.4 Å². The average Bonchev–Trinajstić information content (AvgIpc) is 2.90. The molecule has 1 saturated heterocycles. The van der Waals surface area contributed by atoms with Crippen LogP contribution in [0.1, 0.15) is 17.5 Å². The van der Waals surface area contributed by atoms with Crippen molar-refractivity contribution >= 4 is 15.8 Å². The molecular formula is C16H22F3N3O3S. The Morgan fingerprint density at radius 2 is 1.92 bits per heavy atom. The second-order valence-corrected chi connectivity index (χ2v) is 8.32. The number of ether oxygens (including phenoxy) is 1. The van der Waals surface area contributed by atoms with Gasteiger partial charge in [0.05, 0.1) is 18.1 Å². The van der Waals surface area contributed by atoms with Gasteiger partial charge in [-0.2, -0.15) is 13.2 Å². The lowest BCUT2D eigenvalue weighted by Gasteiger charge is -2.16. The first kappa shape index (κ1) is 20.5. The normalized spacial score (nSPS) is 20.2. The van der Waals surface area contributed by atoms with Gasteiger partial charge in [-0.25, -0.2) is 8.42 Å². The van der Waals surface area contributed by atoms with Crippen molar-refractivity contribution in [1.82, 2.24) is 10.6 Å². The Morgan fingerprint density at radius 3 is 2.46 bits per heavy atom. The maximum Gasteiger partial charge on any atom is 0.411 e. The highest BCUT2D eigenvalue weighted by Gasteiger charge is 2.28. The molecule has 26 heavy (non-hydrogen) atoms. The summed E-state index contributed by atoms with van der Waals surface area (Å²) in [6, 6.07) is 6.82. The fraction of sp³-hybridized carbons (Fsp3) is 0.562. The minimum absolute atomic E-state index is 0.0975. The number of halogens is 3. The summed E-state index contributed by atoms with van der Waals surface area (Å²) in [7, 11) is -1.37. The topological polar surface area (TPSA) is 79.8 Å². The molecule has 1 fully saturated rings. The van der Waals surface area contributed by atoms with E-state index in [1.807, 2.05) is 0 Å². The lowest BCUT2D eigenvalue weighted by atomic mass is 10.1. The van der Waals surface area contributed by atoms with Crippen molar-refractivity contribution in [3.05, 3.63) is 35.4 Å². The fourth-order valence-corrected chi connectivity index (χ4v) is 4.19. The van der Waals surface area contributed by atoms with Crippen LogP contribution < -0.4 is 10.6 Å². The van der Waals surface area contributed by atoms with E-state index < -0.39 is 22.6 Å². The first-order valence-electron chi connectivity index (χ1n) is 8.07. The minimum atomic E-state index is -4.33. The van der Waals surface area contributed by atoms with Gasteiger partial charge in [0.1, 0.15) is 6.61 Å². The Labute approximate surface area is 150 Å². The maximum absolute atomic E-state index is 12.0. The molecule has 1 atom stereocenters. The van der Waals surface area contributed by atoms with Crippen molar-refractivity contribution in [2.75, 3.05) is 25.2 Å². The van der Waals surface area contributed by atoms with E-state index in [0.717, 1.165) is 5.56 Å². The third-order valence-electron chi connectivity index (χ3n) is 3.81. The van der Waals surface area contributed by atoms with Gasteiger partial charge in [0.2, 0.25) is 0 Å². The van der Waals surface area contributed by atoms with E-state index in [9.17, 15) is 21.6 Å². The zero-order valence-electron chi connectivity index (χ0n) is 14.3. The number of nitrogens with zero attached hydrogens (tertiary/aromatic N) is 1. The van der Waals surface area contributed by atoms with Crippen LogP contribution in [0.3, 0.4) is 0 Å². The van der Waals surface area contributed by atoms with Crippen LogP contribution in [-0.4, -0.2) is 51.8 Å². The molecule has 146 valence electrons. The van der Waals surface area contributed by atoms with Gasteiger partial charge in [0.15, 0.2) is 15.8 Å². The van der Waals surface area contributed by atoms with Crippen LogP contribution in [0.5, 0.6) is 0 Å². The molecule has 2 rings (SSSR count). The molecule has 1 aliphatic heterocycles. The summed E-state index contributed by atoms with van der Waals surface area (Å²) >= 11 is 0. The van der Waals surface area contributed by atoms with Gasteiger partial charge in [-0.1, -0.05) is 24.3 Å². The molecule has 10 heteroatoms. The molecule has 0 bridgehead atoms. The maximum atomic E-state index is 12.0. The number of aliphatic imine (C=N–C) groups is 1. The van der Waals surface area contributed by atoms with Gasteiger partial charge in [-0.3, -0.25) is 4.99 Å². The lowest BCUT2D eigenvalue weighted by molar-refractivity contribution is -0.176. The molecule has 0 aliphatic carbocycles. The highest BCUT2D eigenvalue weighted by Crippen LogP contribution is 2.16. The molecule has 0 aromatic heterocycles. The predicted molar refractivity (Wildman–Crippen MR) is 92.5 cm³/mol. The van der Waals surface area contributed by atoms with E-state index in [4.69, 9.17) is 0 Å². The highest BCUT2D eigenvalue weighted by atomic mass is 32.2. The summed E-state index contributed by atoms with van der Waals surface area (Å²) in [5.41, 5.74) is 1.56. The van der Waals surface area contributed by atoms with Crippen molar-refractivity contribution in [1.29, 1.82) is 0 Å². The Kier molecular flexibility index (Phi) is 6.87. The van der Waals surface area contributed by atoms with Crippen LogP contribution in [0.2, 0.25) is 0 Å². The molecule has 1 unspecified atom stereocenters. The zero-order chi connectivity index (χ0) is 19.2. The van der Waals surface area contributed by atoms with E-state index >= 15 is 0 Å². The van der Waals surface area contributed by atoms with E-state index in [1.54, 1.807) is 31.3 Å². The standard InChI is InChI=1S/C16H22F3N3O3S/c1-20-15(22-14-6-7-26(23,24)10-14)21-8-12-2-4-13(5-3-12)9-25-11-16(17,18)19/h2-5,14H,6-11H2,1H3,(H2,20,21,22). The summed E-state index contributed by atoms with van der Waals surface area (Å²) in [5, 5.41) is 6.16. The minimum Gasteiger partial charge on any atom is -0.367 e. The molecule has 6 nitrogen and oxygen atoms in total. The van der Waals surface area contributed by atoms with Crippen molar-refractivity contribution in [2.45, 2.75) is 31.8 Å². The monoisotopic (exact) mass is 393 g/mol. The highest BCUT2D eigenvalue weighted by molar-refractivity contribution is 7.91. The summed E-state index contributed by atoms with van der Waals surface area (Å²) in [6.07, 6.45) is -3.78. The van der Waals surface area contributed by atoms with Crippen molar-refractivity contribution in [3.8, 4) is 0 Å². The molecule has 0 spiro atoms. The van der Waals surface area contributed by atoms with Crippen LogP contribution in [0, 0.1) is 0 Å². The number of benzene rings is 1. The second-order valence-electron chi connectivity index (χ2n) is 6.09. The van der Waals surface area contributed by atoms with E-state index in [-0.39, 0.29) is 24.2 Å². The third-order valence-corrected chi connectivity index (χ3v) is 5.58. The molecule has 1 aromatic carbocycles. The Bertz CT molecular complexity index is 718. The van der Waals surface area contributed by atoms with Gasteiger partial charge >= 0.3 is 6.18 Å². The Balaban J connectivity index is 1.77. The number of hydrogen-bond acceptors (Lipinski definition) is 4. The first-order valence-corrected chi connectivity index (χ1v) is 9.89. The lowest BCUT2D eigenvalue weighted by Crippen LogP contribution is -2.43. The molecule has 0 amide bonds. The largest absolute Gasteiger partial charge is 0.411 e. The second kappa shape index (κ2) is 8.72. The van der Waals surface area contributed by atoms with Gasteiger partial charge in [-0.15, -0.1) is 0 Å². The molecular weight excluding hydrogens is 371 g/mol. The number of hydrogen-bond donors (Lipinski definition) is 2. The summed E-state index contributed by atoms with van der Waals surface area (Å²) in [4.78, 5) is 4.07.